The maximum absolute atomic E-state index is 8.66. The van der Waals surface area contributed by atoms with Crippen LogP contribution in [-0.2, 0) is 6.54 Å². The third kappa shape index (κ3) is 4.12. The Labute approximate surface area is 168 Å². The third-order valence-electron chi connectivity index (χ3n) is 5.46. The first-order valence-corrected chi connectivity index (χ1v) is 9.83. The molecule has 3 aromatic rings. The summed E-state index contributed by atoms with van der Waals surface area (Å²) in [6.45, 7) is 2.82. The van der Waals surface area contributed by atoms with Gasteiger partial charge < -0.3 is 22.1 Å². The Hall–Kier alpha value is -2.98. The van der Waals surface area contributed by atoms with Gasteiger partial charge in [-0.2, -0.15) is 0 Å². The van der Waals surface area contributed by atoms with E-state index in [9.17, 15) is 0 Å². The standard InChI is InChI=1S/C24H28N4/c1-16-2-4-17(5-3-16)15-27-24-11-8-19(14-21(24)26)23-13-12-22(28-23)18-6-9-20(25)10-7-18/h2-11,14,22-23,27-28H,12-13,15,25-26H2,1H3/i/hD. The van der Waals surface area contributed by atoms with Crippen LogP contribution in [0.15, 0.2) is 66.7 Å². The van der Waals surface area contributed by atoms with Crippen molar-refractivity contribution in [2.75, 3.05) is 16.8 Å². The second-order valence-corrected chi connectivity index (χ2v) is 7.61. The van der Waals surface area contributed by atoms with E-state index in [2.05, 4.69) is 42.6 Å². The van der Waals surface area contributed by atoms with Gasteiger partial charge in [0, 0.05) is 24.3 Å². The highest BCUT2D eigenvalue weighted by Crippen LogP contribution is 2.36. The highest BCUT2D eigenvalue weighted by molar-refractivity contribution is 5.67. The minimum atomic E-state index is 0.0472. The molecule has 3 aromatic carbocycles. The van der Waals surface area contributed by atoms with Crippen LogP contribution in [0.1, 0.15) is 47.2 Å². The zero-order valence-corrected chi connectivity index (χ0v) is 16.2. The summed E-state index contributed by atoms with van der Waals surface area (Å²) in [5, 5.41) is 5.13. The normalized spacial score (nSPS) is 20.1. The number of nitrogens with two attached hydrogens (primary N) is 2. The van der Waals surface area contributed by atoms with Gasteiger partial charge in [0.25, 0.3) is 0 Å². The molecule has 144 valence electrons. The highest BCUT2D eigenvalue weighted by atomic mass is 15.0. The molecule has 0 bridgehead atoms. The quantitative estimate of drug-likeness (QED) is 0.478. The lowest BCUT2D eigenvalue weighted by Crippen LogP contribution is -2.17. The zero-order chi connectivity index (χ0) is 20.4. The van der Waals surface area contributed by atoms with Gasteiger partial charge in [0.2, 0.25) is 0 Å². The molecule has 2 unspecified atom stereocenters. The topological polar surface area (TPSA) is 76.1 Å². The lowest BCUT2D eigenvalue weighted by Gasteiger charge is -2.17. The average molecular weight is 374 g/mol. The Morgan fingerprint density at radius 1 is 0.929 bits per heavy atom. The predicted molar refractivity (Wildman–Crippen MR) is 118 cm³/mol. The SMILES string of the molecule is [2H]N1C(c2ccc(N)cc2)CCC1c1ccc(NCc2ccc(C)cc2)c(N)c1. The van der Waals surface area contributed by atoms with E-state index in [1.165, 1.54) is 11.1 Å². The van der Waals surface area contributed by atoms with Gasteiger partial charge >= 0.3 is 0 Å². The van der Waals surface area contributed by atoms with Crippen molar-refractivity contribution in [2.45, 2.75) is 38.4 Å². The van der Waals surface area contributed by atoms with Crippen molar-refractivity contribution in [2.24, 2.45) is 0 Å². The first-order chi connectivity index (χ1) is 14.0. The van der Waals surface area contributed by atoms with E-state index >= 15 is 0 Å². The lowest BCUT2D eigenvalue weighted by molar-refractivity contribution is 0.575. The molecular formula is C24H28N4. The average Bonchev–Trinajstić information content (AvgIpc) is 3.10. The van der Waals surface area contributed by atoms with E-state index in [0.29, 0.717) is 0 Å². The molecule has 0 radical (unpaired) electrons. The molecule has 4 heteroatoms. The van der Waals surface area contributed by atoms with E-state index in [-0.39, 0.29) is 12.1 Å². The van der Waals surface area contributed by atoms with Crippen LogP contribution in [0.5, 0.6) is 0 Å². The molecule has 1 aliphatic heterocycles. The Kier molecular flexibility index (Phi) is 4.87. The van der Waals surface area contributed by atoms with Crippen molar-refractivity contribution in [1.82, 2.24) is 5.31 Å². The van der Waals surface area contributed by atoms with Gasteiger partial charge in [0.1, 0.15) is 1.41 Å². The summed E-state index contributed by atoms with van der Waals surface area (Å²) in [7, 11) is 0. The van der Waals surface area contributed by atoms with Crippen LogP contribution in [-0.4, -0.2) is 0 Å². The van der Waals surface area contributed by atoms with Crippen LogP contribution in [0.25, 0.3) is 0 Å². The van der Waals surface area contributed by atoms with Crippen LogP contribution in [0.2, 0.25) is 1.41 Å². The van der Waals surface area contributed by atoms with Crippen molar-refractivity contribution in [3.8, 4) is 0 Å². The number of nitrogens with one attached hydrogen (secondary N) is 2. The molecule has 2 atom stereocenters. The fourth-order valence-corrected chi connectivity index (χ4v) is 3.76. The molecule has 1 saturated heterocycles. The number of hydrogen-bond donors (Lipinski definition) is 4. The van der Waals surface area contributed by atoms with Crippen LogP contribution >= 0.6 is 0 Å². The first kappa shape index (κ1) is 17.1. The summed E-state index contributed by atoms with van der Waals surface area (Å²) in [6, 6.07) is 22.6. The molecule has 0 amide bonds. The minimum Gasteiger partial charge on any atom is -0.399 e. The van der Waals surface area contributed by atoms with Crippen molar-refractivity contribution in [1.29, 1.82) is 0 Å². The van der Waals surface area contributed by atoms with E-state index in [1.54, 1.807) is 5.31 Å². The number of nitrogen functional groups attached to an aromatic ring is 2. The molecule has 1 fully saturated rings. The molecule has 6 N–H and O–H groups in total. The maximum Gasteiger partial charge on any atom is 0.123 e. The van der Waals surface area contributed by atoms with Crippen LogP contribution < -0.4 is 22.1 Å². The third-order valence-corrected chi connectivity index (χ3v) is 5.46. The van der Waals surface area contributed by atoms with Gasteiger partial charge in [-0.1, -0.05) is 48.0 Å². The molecule has 0 aromatic heterocycles. The van der Waals surface area contributed by atoms with Crippen LogP contribution in [0.4, 0.5) is 17.1 Å². The molecule has 1 aliphatic rings. The molecule has 4 nitrogen and oxygen atoms in total. The smallest absolute Gasteiger partial charge is 0.123 e. The van der Waals surface area contributed by atoms with E-state index < -0.39 is 0 Å². The molecule has 4 rings (SSSR count). The van der Waals surface area contributed by atoms with E-state index in [0.717, 1.165) is 47.6 Å². The second-order valence-electron chi connectivity index (χ2n) is 7.61. The molecule has 0 saturated carbocycles. The summed E-state index contributed by atoms with van der Waals surface area (Å²) in [6.07, 6.45) is 1.89. The van der Waals surface area contributed by atoms with Crippen molar-refractivity contribution >= 4 is 17.1 Å². The zero-order valence-electron chi connectivity index (χ0n) is 17.2. The monoisotopic (exact) mass is 373 g/mol. The minimum absolute atomic E-state index is 0.0472. The fourth-order valence-electron chi connectivity index (χ4n) is 3.76. The van der Waals surface area contributed by atoms with Gasteiger partial charge in [-0.05, 0) is 60.7 Å². The summed E-state index contributed by atoms with van der Waals surface area (Å²) in [5.74, 6) is 0. The number of hydrogen-bond acceptors (Lipinski definition) is 4. The van der Waals surface area contributed by atoms with Crippen molar-refractivity contribution in [3.63, 3.8) is 0 Å². The molecule has 0 spiro atoms. The number of anilines is 3. The van der Waals surface area contributed by atoms with Crippen molar-refractivity contribution < 1.29 is 1.41 Å². The van der Waals surface area contributed by atoms with E-state index in [4.69, 9.17) is 12.9 Å². The largest absolute Gasteiger partial charge is 0.399 e. The number of aryl methyl sites for hydroxylation is 1. The highest BCUT2D eigenvalue weighted by Gasteiger charge is 2.26. The van der Waals surface area contributed by atoms with Gasteiger partial charge in [0.05, 0.1) is 11.4 Å². The van der Waals surface area contributed by atoms with Gasteiger partial charge in [-0.15, -0.1) is 0 Å². The predicted octanol–water partition coefficient (Wildman–Crippen LogP) is 4.94. The second kappa shape index (κ2) is 7.95. The summed E-state index contributed by atoms with van der Waals surface area (Å²) in [5.41, 5.74) is 19.2. The molecule has 1 heterocycles. The summed E-state index contributed by atoms with van der Waals surface area (Å²) < 4.78 is 8.66. The maximum atomic E-state index is 8.66. The van der Waals surface area contributed by atoms with Gasteiger partial charge in [-0.3, -0.25) is 0 Å². The van der Waals surface area contributed by atoms with Gasteiger partial charge in [0.15, 0.2) is 0 Å². The Morgan fingerprint density at radius 3 is 2.25 bits per heavy atom. The summed E-state index contributed by atoms with van der Waals surface area (Å²) >= 11 is 0. The Balaban J connectivity index is 1.44. The molecular weight excluding hydrogens is 344 g/mol. The fraction of sp³-hybridized carbons (Fsp3) is 0.250. The summed E-state index contributed by atoms with van der Waals surface area (Å²) in [4.78, 5) is 0. The number of benzene rings is 3. The first-order valence-electron chi connectivity index (χ1n) is 10.3. The van der Waals surface area contributed by atoms with E-state index in [1.807, 2.05) is 36.4 Å². The van der Waals surface area contributed by atoms with Gasteiger partial charge in [-0.25, -0.2) is 0 Å². The molecule has 28 heavy (non-hydrogen) atoms. The number of rotatable bonds is 5. The Morgan fingerprint density at radius 2 is 1.57 bits per heavy atom. The molecule has 0 aliphatic carbocycles. The lowest BCUT2D eigenvalue weighted by atomic mass is 10.0. The van der Waals surface area contributed by atoms with Crippen LogP contribution in [0, 0.1) is 6.92 Å². The van der Waals surface area contributed by atoms with Crippen LogP contribution in [0.3, 0.4) is 0 Å². The Bertz CT molecular complexity index is 969. The van der Waals surface area contributed by atoms with Crippen molar-refractivity contribution in [3.05, 3.63) is 89.0 Å².